The van der Waals surface area contributed by atoms with E-state index in [9.17, 15) is 8.78 Å². The lowest BCUT2D eigenvalue weighted by Crippen LogP contribution is -2.37. The van der Waals surface area contributed by atoms with E-state index >= 15 is 0 Å². The van der Waals surface area contributed by atoms with Crippen LogP contribution >= 0.6 is 11.6 Å². The Morgan fingerprint density at radius 1 is 1.33 bits per heavy atom. The van der Waals surface area contributed by atoms with E-state index < -0.39 is 5.92 Å². The van der Waals surface area contributed by atoms with Gasteiger partial charge in [0.05, 0.1) is 6.61 Å². The molecule has 2 nitrogen and oxygen atoms in total. The van der Waals surface area contributed by atoms with Crippen LogP contribution in [0.4, 0.5) is 8.78 Å². The predicted octanol–water partition coefficient (Wildman–Crippen LogP) is 3.97. The molecule has 1 aromatic carbocycles. The molecule has 1 atom stereocenters. The molecule has 1 aliphatic heterocycles. The minimum absolute atomic E-state index is 0.0461. The maximum absolute atomic E-state index is 13.2. The van der Waals surface area contributed by atoms with Gasteiger partial charge in [-0.25, -0.2) is 8.78 Å². The highest BCUT2D eigenvalue weighted by molar-refractivity contribution is 6.30. The van der Waals surface area contributed by atoms with Gasteiger partial charge in [-0.3, -0.25) is 0 Å². The van der Waals surface area contributed by atoms with Crippen molar-refractivity contribution in [3.63, 3.8) is 0 Å². The average molecular weight is 316 g/mol. The predicted molar refractivity (Wildman–Crippen MR) is 79.2 cm³/mol. The lowest BCUT2D eigenvalue weighted by molar-refractivity contribution is -0.0481. The van der Waals surface area contributed by atoms with E-state index in [0.717, 1.165) is 23.3 Å². The number of hydrogen-bond donors (Lipinski definition) is 1. The van der Waals surface area contributed by atoms with E-state index in [0.29, 0.717) is 30.9 Å². The molecule has 0 bridgehead atoms. The zero-order chi connectivity index (χ0) is 15.0. The maximum atomic E-state index is 13.2. The lowest BCUT2D eigenvalue weighted by atomic mass is 9.80. The molecular weight excluding hydrogens is 296 g/mol. The van der Waals surface area contributed by atoms with Gasteiger partial charge < -0.3 is 10.5 Å². The summed E-state index contributed by atoms with van der Waals surface area (Å²) in [5.74, 6) is -1.45. The van der Waals surface area contributed by atoms with Crippen molar-refractivity contribution in [2.45, 2.75) is 50.5 Å². The number of fused-ring (bicyclic) bond motifs is 1. The molecular formula is C16H20ClF2NO. The van der Waals surface area contributed by atoms with Crippen molar-refractivity contribution in [2.75, 3.05) is 6.61 Å². The van der Waals surface area contributed by atoms with Crippen LogP contribution in [-0.4, -0.2) is 18.6 Å². The summed E-state index contributed by atoms with van der Waals surface area (Å²) in [5.41, 5.74) is 8.41. The SMILES string of the molecule is NC(Cc1cc(Cl)cc2c1OCC2)C1CCC(F)(F)CC1. The second-order valence-corrected chi connectivity index (χ2v) is 6.65. The van der Waals surface area contributed by atoms with Crippen LogP contribution in [0.5, 0.6) is 5.75 Å². The Morgan fingerprint density at radius 2 is 2.05 bits per heavy atom. The highest BCUT2D eigenvalue weighted by Gasteiger charge is 2.37. The molecule has 2 N–H and O–H groups in total. The Balaban J connectivity index is 1.70. The smallest absolute Gasteiger partial charge is 0.248 e. The maximum Gasteiger partial charge on any atom is 0.248 e. The van der Waals surface area contributed by atoms with Crippen LogP contribution in [0.3, 0.4) is 0 Å². The van der Waals surface area contributed by atoms with E-state index in [2.05, 4.69) is 0 Å². The van der Waals surface area contributed by atoms with Crippen molar-refractivity contribution >= 4 is 11.6 Å². The van der Waals surface area contributed by atoms with Crippen molar-refractivity contribution in [1.82, 2.24) is 0 Å². The first kappa shape index (κ1) is 15.0. The van der Waals surface area contributed by atoms with Gasteiger partial charge in [0.15, 0.2) is 0 Å². The standard InChI is InChI=1S/C16H20ClF2NO/c17-13-7-11-3-6-21-15(11)12(8-13)9-14(20)10-1-4-16(18,19)5-2-10/h7-8,10,14H,1-6,9,20H2. The Labute approximate surface area is 128 Å². The van der Waals surface area contributed by atoms with E-state index in [1.165, 1.54) is 0 Å². The van der Waals surface area contributed by atoms with Gasteiger partial charge in [-0.1, -0.05) is 11.6 Å². The van der Waals surface area contributed by atoms with E-state index in [1.807, 2.05) is 12.1 Å². The van der Waals surface area contributed by atoms with Crippen LogP contribution in [0.15, 0.2) is 12.1 Å². The quantitative estimate of drug-likeness (QED) is 0.916. The largest absolute Gasteiger partial charge is 0.493 e. The fourth-order valence-corrected chi connectivity index (χ4v) is 3.67. The number of halogens is 3. The summed E-state index contributed by atoms with van der Waals surface area (Å²) >= 11 is 6.14. The Morgan fingerprint density at radius 3 is 2.76 bits per heavy atom. The van der Waals surface area contributed by atoms with Crippen molar-refractivity contribution in [3.05, 3.63) is 28.3 Å². The fraction of sp³-hybridized carbons (Fsp3) is 0.625. The number of alkyl halides is 2. The summed E-state index contributed by atoms with van der Waals surface area (Å²) in [6.45, 7) is 0.674. The molecule has 21 heavy (non-hydrogen) atoms. The molecule has 3 rings (SSSR count). The fourth-order valence-electron chi connectivity index (χ4n) is 3.41. The van der Waals surface area contributed by atoms with Crippen LogP contribution in [0.2, 0.25) is 5.02 Å². The molecule has 1 fully saturated rings. The van der Waals surface area contributed by atoms with Crippen LogP contribution in [0.1, 0.15) is 36.8 Å². The van der Waals surface area contributed by atoms with Gasteiger partial charge in [0.25, 0.3) is 0 Å². The molecule has 5 heteroatoms. The third-order valence-corrected chi connectivity index (χ3v) is 4.87. The van der Waals surface area contributed by atoms with E-state index in [1.54, 1.807) is 0 Å². The number of ether oxygens (including phenoxy) is 1. The summed E-state index contributed by atoms with van der Waals surface area (Å²) in [6, 6.07) is 3.70. The first-order chi connectivity index (χ1) is 9.94. The van der Waals surface area contributed by atoms with Gasteiger partial charge in [0.1, 0.15) is 5.75 Å². The highest BCUT2D eigenvalue weighted by Crippen LogP contribution is 2.39. The highest BCUT2D eigenvalue weighted by atomic mass is 35.5. The third-order valence-electron chi connectivity index (χ3n) is 4.65. The van der Waals surface area contributed by atoms with Crippen LogP contribution in [0, 0.1) is 5.92 Å². The Kier molecular flexibility index (Phi) is 4.10. The molecule has 1 saturated carbocycles. The van der Waals surface area contributed by atoms with E-state index in [4.69, 9.17) is 22.1 Å². The first-order valence-electron chi connectivity index (χ1n) is 7.52. The first-order valence-corrected chi connectivity index (χ1v) is 7.90. The van der Waals surface area contributed by atoms with Gasteiger partial charge in [0.2, 0.25) is 5.92 Å². The molecule has 0 aromatic heterocycles. The lowest BCUT2D eigenvalue weighted by Gasteiger charge is -2.32. The second-order valence-electron chi connectivity index (χ2n) is 6.21. The zero-order valence-corrected chi connectivity index (χ0v) is 12.6. The van der Waals surface area contributed by atoms with Crippen LogP contribution in [-0.2, 0) is 12.8 Å². The number of hydrogen-bond acceptors (Lipinski definition) is 2. The number of nitrogens with two attached hydrogens (primary N) is 1. The van der Waals surface area contributed by atoms with E-state index in [-0.39, 0.29) is 24.8 Å². The molecule has 0 radical (unpaired) electrons. The van der Waals surface area contributed by atoms with Crippen LogP contribution in [0.25, 0.3) is 0 Å². The van der Waals surface area contributed by atoms with Crippen molar-refractivity contribution < 1.29 is 13.5 Å². The molecule has 1 aliphatic carbocycles. The van der Waals surface area contributed by atoms with Gasteiger partial charge in [-0.05, 0) is 48.4 Å². The molecule has 0 saturated heterocycles. The average Bonchev–Trinajstić information content (AvgIpc) is 2.86. The normalized spacial score (nSPS) is 22.7. The van der Waals surface area contributed by atoms with Gasteiger partial charge >= 0.3 is 0 Å². The Bertz CT molecular complexity index is 525. The monoisotopic (exact) mass is 315 g/mol. The van der Waals surface area contributed by atoms with Crippen LogP contribution < -0.4 is 10.5 Å². The summed E-state index contributed by atoms with van der Waals surface area (Å²) in [4.78, 5) is 0. The summed E-state index contributed by atoms with van der Waals surface area (Å²) < 4.78 is 32.1. The number of benzene rings is 1. The minimum atomic E-state index is -2.50. The van der Waals surface area contributed by atoms with Gasteiger partial charge in [-0.2, -0.15) is 0 Å². The molecule has 2 aliphatic rings. The molecule has 1 unspecified atom stereocenters. The Hall–Kier alpha value is -0.870. The molecule has 0 spiro atoms. The summed E-state index contributed by atoms with van der Waals surface area (Å²) in [5, 5.41) is 0.691. The molecule has 0 amide bonds. The minimum Gasteiger partial charge on any atom is -0.493 e. The zero-order valence-electron chi connectivity index (χ0n) is 11.9. The van der Waals surface area contributed by atoms with Crippen molar-refractivity contribution in [2.24, 2.45) is 11.7 Å². The summed E-state index contributed by atoms with van der Waals surface area (Å²) in [6.07, 6.45) is 2.41. The summed E-state index contributed by atoms with van der Waals surface area (Å²) in [7, 11) is 0. The molecule has 116 valence electrons. The van der Waals surface area contributed by atoms with Gasteiger partial charge in [0, 0.05) is 30.3 Å². The topological polar surface area (TPSA) is 35.2 Å². The van der Waals surface area contributed by atoms with Crippen molar-refractivity contribution in [3.8, 4) is 5.75 Å². The molecule has 1 aromatic rings. The molecule has 1 heterocycles. The number of rotatable bonds is 3. The second kappa shape index (κ2) is 5.73. The van der Waals surface area contributed by atoms with Gasteiger partial charge in [-0.15, -0.1) is 0 Å². The third kappa shape index (κ3) is 3.32. The van der Waals surface area contributed by atoms with Crippen molar-refractivity contribution in [1.29, 1.82) is 0 Å².